The van der Waals surface area contributed by atoms with Crippen LogP contribution >= 0.6 is 23.5 Å². The molecule has 2 rings (SSSR count). The van der Waals surface area contributed by atoms with E-state index < -0.39 is 0 Å². The molecule has 0 atom stereocenters. The molecule has 2 aromatic heterocycles. The van der Waals surface area contributed by atoms with Crippen LogP contribution in [0.5, 0.6) is 0 Å². The fraction of sp³-hybridized carbons (Fsp3) is 0.300. The van der Waals surface area contributed by atoms with Gasteiger partial charge in [0.2, 0.25) is 0 Å². The van der Waals surface area contributed by atoms with E-state index in [2.05, 4.69) is 15.0 Å². The standard InChI is InChI=1S/C10H11N3OS2/c1-3-16-9-7-6(4-5-11-8(7)14)12-10(13-9)15-2/h4-5H,3H2,1-2H3,(H,11,14). The minimum absolute atomic E-state index is 0.124. The molecule has 1 N–H and O–H groups in total. The van der Waals surface area contributed by atoms with Crippen molar-refractivity contribution in [2.24, 2.45) is 0 Å². The van der Waals surface area contributed by atoms with Crippen molar-refractivity contribution in [3.05, 3.63) is 22.6 Å². The van der Waals surface area contributed by atoms with E-state index in [0.717, 1.165) is 10.8 Å². The number of hydrogen-bond acceptors (Lipinski definition) is 5. The summed E-state index contributed by atoms with van der Waals surface area (Å²) in [5, 5.41) is 2.06. The molecule has 0 radical (unpaired) electrons. The van der Waals surface area contributed by atoms with E-state index in [0.29, 0.717) is 16.1 Å². The normalized spacial score (nSPS) is 10.9. The molecular weight excluding hydrogens is 242 g/mol. The summed E-state index contributed by atoms with van der Waals surface area (Å²) < 4.78 is 0. The van der Waals surface area contributed by atoms with Crippen molar-refractivity contribution in [3.63, 3.8) is 0 Å². The number of thioether (sulfide) groups is 2. The summed E-state index contributed by atoms with van der Waals surface area (Å²) in [7, 11) is 0. The molecule has 2 heterocycles. The van der Waals surface area contributed by atoms with Gasteiger partial charge in [0.1, 0.15) is 5.03 Å². The van der Waals surface area contributed by atoms with Crippen molar-refractivity contribution in [1.29, 1.82) is 0 Å². The molecule has 0 aliphatic heterocycles. The Morgan fingerprint density at radius 3 is 2.94 bits per heavy atom. The smallest absolute Gasteiger partial charge is 0.260 e. The third-order valence-corrected chi connectivity index (χ3v) is 3.43. The van der Waals surface area contributed by atoms with Crippen LogP contribution in [0, 0.1) is 0 Å². The number of nitrogens with one attached hydrogen (secondary N) is 1. The van der Waals surface area contributed by atoms with Crippen molar-refractivity contribution in [1.82, 2.24) is 15.0 Å². The summed E-state index contributed by atoms with van der Waals surface area (Å²) >= 11 is 3.05. The first-order chi connectivity index (χ1) is 7.76. The molecule has 4 nitrogen and oxygen atoms in total. The average molecular weight is 253 g/mol. The van der Waals surface area contributed by atoms with Gasteiger partial charge in [0.05, 0.1) is 10.9 Å². The fourth-order valence-electron chi connectivity index (χ4n) is 1.37. The van der Waals surface area contributed by atoms with E-state index in [1.807, 2.05) is 13.2 Å². The summed E-state index contributed by atoms with van der Waals surface area (Å²) in [6, 6.07) is 1.80. The van der Waals surface area contributed by atoms with Crippen LogP contribution in [0.2, 0.25) is 0 Å². The van der Waals surface area contributed by atoms with Crippen LogP contribution < -0.4 is 5.56 Å². The van der Waals surface area contributed by atoms with Gasteiger partial charge >= 0.3 is 0 Å². The first-order valence-corrected chi connectivity index (χ1v) is 7.03. The summed E-state index contributed by atoms with van der Waals surface area (Å²) in [6.45, 7) is 2.04. The van der Waals surface area contributed by atoms with E-state index in [4.69, 9.17) is 0 Å². The van der Waals surface area contributed by atoms with Gasteiger partial charge in [0, 0.05) is 6.20 Å². The second-order valence-corrected chi connectivity index (χ2v) is 5.04. The number of aromatic amines is 1. The van der Waals surface area contributed by atoms with E-state index >= 15 is 0 Å². The van der Waals surface area contributed by atoms with Gasteiger partial charge in [-0.15, -0.1) is 11.8 Å². The van der Waals surface area contributed by atoms with Crippen LogP contribution in [0.4, 0.5) is 0 Å². The Morgan fingerprint density at radius 1 is 1.44 bits per heavy atom. The molecule has 0 spiro atoms. The third kappa shape index (κ3) is 2.08. The van der Waals surface area contributed by atoms with Gasteiger partial charge in [0.25, 0.3) is 5.56 Å². The molecular formula is C10H11N3OS2. The van der Waals surface area contributed by atoms with E-state index in [1.165, 1.54) is 11.8 Å². The van der Waals surface area contributed by atoms with Gasteiger partial charge in [-0.05, 0) is 18.1 Å². The first-order valence-electron chi connectivity index (χ1n) is 4.82. The van der Waals surface area contributed by atoms with Crippen LogP contribution in [0.1, 0.15) is 6.92 Å². The predicted octanol–water partition coefficient (Wildman–Crippen LogP) is 2.15. The van der Waals surface area contributed by atoms with Gasteiger partial charge < -0.3 is 4.98 Å². The topological polar surface area (TPSA) is 58.6 Å². The molecule has 0 fully saturated rings. The van der Waals surface area contributed by atoms with Gasteiger partial charge in [-0.2, -0.15) is 0 Å². The molecule has 0 saturated heterocycles. The maximum absolute atomic E-state index is 11.7. The highest BCUT2D eigenvalue weighted by Gasteiger charge is 2.10. The number of H-pyrrole nitrogens is 1. The average Bonchev–Trinajstić information content (AvgIpc) is 2.29. The Balaban J connectivity index is 2.77. The lowest BCUT2D eigenvalue weighted by Gasteiger charge is -2.04. The number of aromatic nitrogens is 3. The molecule has 0 saturated carbocycles. The lowest BCUT2D eigenvalue weighted by Crippen LogP contribution is -2.08. The Labute approximate surface area is 101 Å². The summed E-state index contributed by atoms with van der Waals surface area (Å²) in [5.74, 6) is 0.883. The van der Waals surface area contributed by atoms with Gasteiger partial charge in [-0.3, -0.25) is 4.79 Å². The summed E-state index contributed by atoms with van der Waals surface area (Å²) in [6.07, 6.45) is 3.54. The summed E-state index contributed by atoms with van der Waals surface area (Å²) in [4.78, 5) is 23.1. The second-order valence-electron chi connectivity index (χ2n) is 3.02. The Bertz CT molecular complexity index is 567. The van der Waals surface area contributed by atoms with E-state index in [1.54, 1.807) is 24.0 Å². The number of nitrogens with zero attached hydrogens (tertiary/aromatic N) is 2. The van der Waals surface area contributed by atoms with E-state index in [-0.39, 0.29) is 5.56 Å². The fourth-order valence-corrected chi connectivity index (χ4v) is 2.57. The second kappa shape index (κ2) is 4.88. The summed E-state index contributed by atoms with van der Waals surface area (Å²) in [5.41, 5.74) is 0.583. The SMILES string of the molecule is CCSc1nc(SC)nc2cc[nH]c(=O)c12. The predicted molar refractivity (Wildman–Crippen MR) is 68.3 cm³/mol. The van der Waals surface area contributed by atoms with Crippen molar-refractivity contribution >= 4 is 34.4 Å². The molecule has 0 amide bonds. The van der Waals surface area contributed by atoms with Crippen molar-refractivity contribution in [2.75, 3.05) is 12.0 Å². The van der Waals surface area contributed by atoms with Crippen LogP contribution in [0.25, 0.3) is 10.9 Å². The van der Waals surface area contributed by atoms with Crippen molar-refractivity contribution in [2.45, 2.75) is 17.1 Å². The lowest BCUT2D eigenvalue weighted by atomic mass is 10.3. The van der Waals surface area contributed by atoms with Crippen LogP contribution in [-0.4, -0.2) is 27.0 Å². The highest BCUT2D eigenvalue weighted by molar-refractivity contribution is 7.99. The number of rotatable bonds is 3. The zero-order chi connectivity index (χ0) is 11.5. The molecule has 0 unspecified atom stereocenters. The molecule has 0 aromatic carbocycles. The van der Waals surface area contributed by atoms with E-state index in [9.17, 15) is 4.79 Å². The van der Waals surface area contributed by atoms with Gasteiger partial charge in [-0.25, -0.2) is 9.97 Å². The van der Waals surface area contributed by atoms with Gasteiger partial charge in [-0.1, -0.05) is 18.7 Å². The largest absolute Gasteiger partial charge is 0.328 e. The van der Waals surface area contributed by atoms with Crippen molar-refractivity contribution in [3.8, 4) is 0 Å². The van der Waals surface area contributed by atoms with Gasteiger partial charge in [0.15, 0.2) is 5.16 Å². The maximum Gasteiger partial charge on any atom is 0.260 e. The maximum atomic E-state index is 11.7. The molecule has 6 heteroatoms. The highest BCUT2D eigenvalue weighted by Crippen LogP contribution is 2.24. The quantitative estimate of drug-likeness (QED) is 0.516. The molecule has 2 aromatic rings. The van der Waals surface area contributed by atoms with Crippen LogP contribution in [-0.2, 0) is 0 Å². The molecule has 0 aliphatic carbocycles. The number of hydrogen-bond donors (Lipinski definition) is 1. The number of fused-ring (bicyclic) bond motifs is 1. The first kappa shape index (κ1) is 11.5. The monoisotopic (exact) mass is 253 g/mol. The minimum atomic E-state index is -0.124. The molecule has 84 valence electrons. The van der Waals surface area contributed by atoms with Crippen LogP contribution in [0.3, 0.4) is 0 Å². The Hall–Kier alpha value is -1.01. The molecule has 0 bridgehead atoms. The zero-order valence-electron chi connectivity index (χ0n) is 8.98. The Morgan fingerprint density at radius 2 is 2.25 bits per heavy atom. The lowest BCUT2D eigenvalue weighted by molar-refractivity contribution is 0.927. The van der Waals surface area contributed by atoms with Crippen molar-refractivity contribution < 1.29 is 0 Å². The zero-order valence-corrected chi connectivity index (χ0v) is 10.6. The molecule has 0 aliphatic rings. The van der Waals surface area contributed by atoms with Crippen LogP contribution in [0.15, 0.2) is 27.2 Å². The Kier molecular flexibility index (Phi) is 3.50. The minimum Gasteiger partial charge on any atom is -0.328 e. The molecule has 16 heavy (non-hydrogen) atoms. The highest BCUT2D eigenvalue weighted by atomic mass is 32.2. The third-order valence-electron chi connectivity index (χ3n) is 2.03. The number of pyridine rings is 1.